The van der Waals surface area contributed by atoms with E-state index < -0.39 is 27.7 Å². The van der Waals surface area contributed by atoms with Gasteiger partial charge in [0.15, 0.2) is 5.03 Å². The molecule has 1 aliphatic carbocycles. The van der Waals surface area contributed by atoms with E-state index in [4.69, 9.17) is 23.2 Å². The molecule has 12 heteroatoms. The Bertz CT molecular complexity index is 1440. The Morgan fingerprint density at radius 3 is 2.43 bits per heavy atom. The minimum Gasteiger partial charge on any atom is -0.391 e. The summed E-state index contributed by atoms with van der Waals surface area (Å²) in [7, 11) is -4.14. The first-order chi connectivity index (χ1) is 17.5. The fourth-order valence-electron chi connectivity index (χ4n) is 5.13. The number of carbonyl (C=O) groups excluding carboxylic acids is 1. The highest BCUT2D eigenvalue weighted by molar-refractivity contribution is 9.10. The van der Waals surface area contributed by atoms with E-state index in [1.807, 2.05) is 24.3 Å². The van der Waals surface area contributed by atoms with Crippen molar-refractivity contribution < 1.29 is 18.3 Å². The molecule has 8 nitrogen and oxygen atoms in total. The number of sulfonamides is 1. The minimum absolute atomic E-state index is 0.146. The Hall–Kier alpha value is -1.95. The van der Waals surface area contributed by atoms with Crippen molar-refractivity contribution in [3.63, 3.8) is 0 Å². The van der Waals surface area contributed by atoms with Crippen LogP contribution in [-0.2, 0) is 26.8 Å². The maximum absolute atomic E-state index is 14.1. The number of hydrogen-bond donors (Lipinski definition) is 2. The molecule has 2 aromatic carbocycles. The Kier molecular flexibility index (Phi) is 7.19. The molecule has 5 rings (SSSR count). The van der Waals surface area contributed by atoms with E-state index >= 15 is 0 Å². The van der Waals surface area contributed by atoms with E-state index in [1.54, 1.807) is 25.1 Å². The van der Waals surface area contributed by atoms with Gasteiger partial charge in [-0.05, 0) is 55.7 Å². The lowest BCUT2D eigenvalue weighted by Crippen LogP contribution is -2.47. The van der Waals surface area contributed by atoms with Gasteiger partial charge in [-0.15, -0.1) is 0 Å². The second-order valence-electron chi connectivity index (χ2n) is 9.66. The number of anilines is 2. The zero-order valence-electron chi connectivity index (χ0n) is 19.9. The summed E-state index contributed by atoms with van der Waals surface area (Å²) in [5.74, 6) is -0.224. The standard InChI is InChI=1S/C25H25BrCl2N4O4S/c1-25(13-15-6-8-16(26)9-7-15)23(34)31(19-11-17(27)10-18(28)12-19)24-29-14-22(32(24)25)37(35,36)30-20-4-2-3-5-21(20)33/h6-12,14,20-21,30,33H,2-5,13H2,1H3/t20?,21?,25-/m1/s1. The number of imidazole rings is 1. The van der Waals surface area contributed by atoms with Crippen LogP contribution < -0.4 is 9.62 Å². The quantitative estimate of drug-likeness (QED) is 0.392. The number of carbonyl (C=O) groups is 1. The van der Waals surface area contributed by atoms with E-state index in [2.05, 4.69) is 25.6 Å². The van der Waals surface area contributed by atoms with Gasteiger partial charge in [0.2, 0.25) is 5.95 Å². The molecule has 1 aromatic heterocycles. The third-order valence-corrected chi connectivity index (χ3v) is 9.36. The van der Waals surface area contributed by atoms with Crippen molar-refractivity contribution in [3.05, 3.63) is 68.7 Å². The molecule has 37 heavy (non-hydrogen) atoms. The molecule has 2 heterocycles. The highest BCUT2D eigenvalue weighted by atomic mass is 79.9. The average molecular weight is 628 g/mol. The lowest BCUT2D eigenvalue weighted by atomic mass is 9.92. The summed E-state index contributed by atoms with van der Waals surface area (Å²) in [5.41, 5.74) is -0.110. The van der Waals surface area contributed by atoms with Gasteiger partial charge < -0.3 is 5.11 Å². The fourth-order valence-corrected chi connectivity index (χ4v) is 7.42. The SMILES string of the molecule is C[C@@]1(Cc2ccc(Br)cc2)C(=O)N(c2cc(Cl)cc(Cl)c2)c2ncc(S(=O)(=O)NC3CCCCC3O)n21. The van der Waals surface area contributed by atoms with E-state index in [1.165, 1.54) is 15.7 Å². The normalized spacial score (nSPS) is 23.9. The number of nitrogens with one attached hydrogen (secondary N) is 1. The van der Waals surface area contributed by atoms with Gasteiger partial charge in [0, 0.05) is 27.0 Å². The van der Waals surface area contributed by atoms with Crippen LogP contribution in [-0.4, -0.2) is 41.1 Å². The zero-order valence-corrected chi connectivity index (χ0v) is 23.8. The molecule has 0 spiro atoms. The Morgan fingerprint density at radius 2 is 1.78 bits per heavy atom. The van der Waals surface area contributed by atoms with Gasteiger partial charge in [0.25, 0.3) is 15.9 Å². The number of halogens is 3. The van der Waals surface area contributed by atoms with Crippen molar-refractivity contribution in [2.45, 2.75) is 61.7 Å². The predicted molar refractivity (Wildman–Crippen MR) is 146 cm³/mol. The molecule has 3 atom stereocenters. The Balaban J connectivity index is 1.63. The van der Waals surface area contributed by atoms with Gasteiger partial charge in [-0.25, -0.2) is 23.0 Å². The predicted octanol–water partition coefficient (Wildman–Crippen LogP) is 5.17. The first-order valence-electron chi connectivity index (χ1n) is 11.8. The second kappa shape index (κ2) is 9.98. The van der Waals surface area contributed by atoms with E-state index in [0.29, 0.717) is 28.6 Å². The van der Waals surface area contributed by atoms with Crippen molar-refractivity contribution in [3.8, 4) is 0 Å². The van der Waals surface area contributed by atoms with Gasteiger partial charge >= 0.3 is 0 Å². The second-order valence-corrected chi connectivity index (χ2v) is 13.1. The number of aliphatic hydroxyl groups is 1. The molecule has 0 bridgehead atoms. The Labute approximate surface area is 233 Å². The molecule has 1 aliphatic heterocycles. The number of rotatable bonds is 6. The molecule has 3 aromatic rings. The van der Waals surface area contributed by atoms with Gasteiger partial charge in [-0.1, -0.05) is 64.1 Å². The van der Waals surface area contributed by atoms with E-state index in [9.17, 15) is 18.3 Å². The summed E-state index contributed by atoms with van der Waals surface area (Å²) in [5, 5.41) is 10.9. The maximum Gasteiger partial charge on any atom is 0.260 e. The molecule has 1 saturated carbocycles. The summed E-state index contributed by atoms with van der Waals surface area (Å²) >= 11 is 15.9. The van der Waals surface area contributed by atoms with Crippen molar-refractivity contribution >= 4 is 66.7 Å². The number of amides is 1. The highest BCUT2D eigenvalue weighted by Crippen LogP contribution is 2.44. The summed E-state index contributed by atoms with van der Waals surface area (Å²) < 4.78 is 32.3. The smallest absolute Gasteiger partial charge is 0.260 e. The van der Waals surface area contributed by atoms with E-state index in [-0.39, 0.29) is 23.3 Å². The van der Waals surface area contributed by atoms with Crippen LogP contribution in [0.2, 0.25) is 10.0 Å². The molecular weight excluding hydrogens is 603 g/mol. The topological polar surface area (TPSA) is 105 Å². The summed E-state index contributed by atoms with van der Waals surface area (Å²) in [6.07, 6.45) is 3.41. The molecule has 0 radical (unpaired) electrons. The number of benzene rings is 2. The molecule has 2 N–H and O–H groups in total. The molecule has 2 unspecified atom stereocenters. The van der Waals surface area contributed by atoms with Crippen LogP contribution in [0, 0.1) is 0 Å². The molecule has 1 amide bonds. The first-order valence-corrected chi connectivity index (χ1v) is 14.9. The lowest BCUT2D eigenvalue weighted by molar-refractivity contribution is -0.124. The maximum atomic E-state index is 14.1. The third kappa shape index (κ3) is 4.95. The number of fused-ring (bicyclic) bond motifs is 1. The summed E-state index contributed by atoms with van der Waals surface area (Å²) in [6.45, 7) is 1.70. The third-order valence-electron chi connectivity index (χ3n) is 6.95. The molecule has 1 fully saturated rings. The summed E-state index contributed by atoms with van der Waals surface area (Å²) in [6, 6.07) is 11.6. The monoisotopic (exact) mass is 626 g/mol. The first kappa shape index (κ1) is 26.6. The number of hydrogen-bond acceptors (Lipinski definition) is 5. The minimum atomic E-state index is -4.14. The average Bonchev–Trinajstić information content (AvgIpc) is 3.35. The van der Waals surface area contributed by atoms with Crippen molar-refractivity contribution in [1.82, 2.24) is 14.3 Å². The van der Waals surface area contributed by atoms with Crippen LogP contribution in [0.3, 0.4) is 0 Å². The van der Waals surface area contributed by atoms with Crippen LogP contribution >= 0.6 is 39.1 Å². The van der Waals surface area contributed by atoms with Gasteiger partial charge in [-0.2, -0.15) is 0 Å². The largest absolute Gasteiger partial charge is 0.391 e. The van der Waals surface area contributed by atoms with Crippen molar-refractivity contribution in [2.24, 2.45) is 0 Å². The van der Waals surface area contributed by atoms with Crippen molar-refractivity contribution in [2.75, 3.05) is 4.90 Å². The molecule has 196 valence electrons. The molecule has 2 aliphatic rings. The Morgan fingerprint density at radius 1 is 1.14 bits per heavy atom. The van der Waals surface area contributed by atoms with Crippen LogP contribution in [0.4, 0.5) is 11.6 Å². The molecular formula is C25H25BrCl2N4O4S. The van der Waals surface area contributed by atoms with E-state index in [0.717, 1.165) is 22.9 Å². The van der Waals surface area contributed by atoms with Crippen LogP contribution in [0.5, 0.6) is 0 Å². The van der Waals surface area contributed by atoms with Crippen LogP contribution in [0.1, 0.15) is 38.2 Å². The highest BCUT2D eigenvalue weighted by Gasteiger charge is 2.52. The van der Waals surface area contributed by atoms with Crippen LogP contribution in [0.25, 0.3) is 0 Å². The fraction of sp³-hybridized carbons (Fsp3) is 0.360. The van der Waals surface area contributed by atoms with Crippen LogP contribution in [0.15, 0.2) is 58.2 Å². The summed E-state index contributed by atoms with van der Waals surface area (Å²) in [4.78, 5) is 19.8. The van der Waals surface area contributed by atoms with Gasteiger partial charge in [0.1, 0.15) is 5.54 Å². The van der Waals surface area contributed by atoms with Crippen molar-refractivity contribution in [1.29, 1.82) is 0 Å². The zero-order chi connectivity index (χ0) is 26.5. The number of nitrogens with zero attached hydrogens (tertiary/aromatic N) is 3. The lowest BCUT2D eigenvalue weighted by Gasteiger charge is -2.29. The van der Waals surface area contributed by atoms with Gasteiger partial charge in [0.05, 0.1) is 18.0 Å². The molecule has 0 saturated heterocycles. The number of aromatic nitrogens is 2. The number of aliphatic hydroxyl groups excluding tert-OH is 1. The van der Waals surface area contributed by atoms with Gasteiger partial charge in [-0.3, -0.25) is 9.36 Å².